The number of benzene rings is 2. The lowest BCUT2D eigenvalue weighted by Gasteiger charge is -2.30. The molecule has 43 heavy (non-hydrogen) atoms. The first-order chi connectivity index (χ1) is 20.6. The van der Waals surface area contributed by atoms with E-state index in [-0.39, 0.29) is 24.8 Å². The lowest BCUT2D eigenvalue weighted by atomic mass is 10.0. The molecule has 1 fully saturated rings. The third kappa shape index (κ3) is 11.3. The number of amides is 5. The largest absolute Gasteiger partial charge is 0.445 e. The van der Waals surface area contributed by atoms with E-state index in [1.54, 1.807) is 0 Å². The van der Waals surface area contributed by atoms with Gasteiger partial charge < -0.3 is 31.3 Å². The molecule has 11 nitrogen and oxygen atoms in total. The van der Waals surface area contributed by atoms with Crippen LogP contribution in [0.2, 0.25) is 0 Å². The quantitative estimate of drug-likeness (QED) is 0.241. The molecule has 1 aliphatic rings. The molecule has 3 rings (SSSR count). The van der Waals surface area contributed by atoms with Gasteiger partial charge in [-0.3, -0.25) is 19.2 Å². The van der Waals surface area contributed by atoms with E-state index in [4.69, 9.17) is 10.5 Å². The summed E-state index contributed by atoms with van der Waals surface area (Å²) in [7, 11) is 0. The van der Waals surface area contributed by atoms with Gasteiger partial charge in [0.05, 0.1) is 6.54 Å². The summed E-state index contributed by atoms with van der Waals surface area (Å²) in [6.07, 6.45) is 0.613. The number of carbonyl (C=O) groups is 5. The number of primary amides is 1. The third-order valence-corrected chi connectivity index (χ3v) is 7.92. The summed E-state index contributed by atoms with van der Waals surface area (Å²) < 4.78 is 5.38. The van der Waals surface area contributed by atoms with E-state index >= 15 is 0 Å². The summed E-state index contributed by atoms with van der Waals surface area (Å²) in [5.74, 6) is -1.10. The van der Waals surface area contributed by atoms with E-state index in [2.05, 4.69) is 16.0 Å². The summed E-state index contributed by atoms with van der Waals surface area (Å²) in [5.41, 5.74) is 7.04. The average Bonchev–Trinajstić information content (AvgIpc) is 3.49. The van der Waals surface area contributed by atoms with E-state index in [1.165, 1.54) is 16.7 Å². The second-order valence-electron chi connectivity index (χ2n) is 10.8. The van der Waals surface area contributed by atoms with Crippen LogP contribution in [0.4, 0.5) is 4.79 Å². The summed E-state index contributed by atoms with van der Waals surface area (Å²) in [6, 6.07) is 16.3. The fraction of sp³-hybridized carbons (Fsp3) is 0.452. The van der Waals surface area contributed by atoms with Crippen LogP contribution in [0.25, 0.3) is 0 Å². The van der Waals surface area contributed by atoms with Crippen molar-refractivity contribution < 1.29 is 28.7 Å². The van der Waals surface area contributed by atoms with Crippen molar-refractivity contribution in [3.8, 4) is 0 Å². The Kier molecular flexibility index (Phi) is 13.3. The maximum absolute atomic E-state index is 13.8. The predicted octanol–water partition coefficient (Wildman–Crippen LogP) is 2.34. The van der Waals surface area contributed by atoms with E-state index in [0.29, 0.717) is 31.6 Å². The molecular weight excluding hydrogens is 570 g/mol. The van der Waals surface area contributed by atoms with Crippen LogP contribution in [0.5, 0.6) is 0 Å². The van der Waals surface area contributed by atoms with Gasteiger partial charge in [-0.15, -0.1) is 0 Å². The summed E-state index contributed by atoms with van der Waals surface area (Å²) in [5, 5.41) is 7.92. The van der Waals surface area contributed by atoms with Crippen LogP contribution in [-0.4, -0.2) is 71.6 Å². The summed E-state index contributed by atoms with van der Waals surface area (Å²) >= 11 is 1.49. The van der Waals surface area contributed by atoms with E-state index in [9.17, 15) is 24.0 Å². The highest BCUT2D eigenvalue weighted by Gasteiger charge is 2.39. The number of rotatable bonds is 15. The molecular formula is C31H41N5O6S. The monoisotopic (exact) mass is 611 g/mol. The van der Waals surface area contributed by atoms with Crippen LogP contribution < -0.4 is 21.7 Å². The summed E-state index contributed by atoms with van der Waals surface area (Å²) in [4.78, 5) is 65.3. The Morgan fingerprint density at radius 1 is 0.953 bits per heavy atom. The number of hydrogen-bond acceptors (Lipinski definition) is 7. The van der Waals surface area contributed by atoms with Crippen molar-refractivity contribution in [3.05, 3.63) is 71.8 Å². The van der Waals surface area contributed by atoms with Gasteiger partial charge in [-0.2, -0.15) is 11.8 Å². The maximum Gasteiger partial charge on any atom is 0.408 e. The molecule has 1 heterocycles. The van der Waals surface area contributed by atoms with Gasteiger partial charge in [0, 0.05) is 18.1 Å². The number of nitrogens with one attached hydrogen (secondary N) is 3. The number of nitrogens with two attached hydrogens (primary N) is 1. The molecule has 0 aromatic heterocycles. The van der Waals surface area contributed by atoms with E-state index < -0.39 is 47.8 Å². The van der Waals surface area contributed by atoms with Crippen molar-refractivity contribution in [2.75, 3.05) is 18.8 Å². The Morgan fingerprint density at radius 2 is 1.60 bits per heavy atom. The predicted molar refractivity (Wildman–Crippen MR) is 164 cm³/mol. The molecule has 0 radical (unpaired) electrons. The van der Waals surface area contributed by atoms with Crippen LogP contribution in [0.3, 0.4) is 0 Å². The minimum atomic E-state index is -0.935. The molecule has 3 atom stereocenters. The maximum atomic E-state index is 13.8. The highest BCUT2D eigenvalue weighted by atomic mass is 32.2. The number of thioether (sulfide) groups is 1. The van der Waals surface area contributed by atoms with Crippen molar-refractivity contribution in [3.63, 3.8) is 0 Å². The molecule has 5 N–H and O–H groups in total. The highest BCUT2D eigenvalue weighted by molar-refractivity contribution is 7.98. The Labute approximate surface area is 256 Å². The first-order valence-corrected chi connectivity index (χ1v) is 15.5. The molecule has 0 spiro atoms. The van der Waals surface area contributed by atoms with Crippen LogP contribution in [0.1, 0.15) is 44.2 Å². The van der Waals surface area contributed by atoms with Gasteiger partial charge in [0.25, 0.3) is 0 Å². The van der Waals surface area contributed by atoms with Crippen molar-refractivity contribution in [1.29, 1.82) is 0 Å². The van der Waals surface area contributed by atoms with Gasteiger partial charge in [-0.25, -0.2) is 4.79 Å². The van der Waals surface area contributed by atoms with Gasteiger partial charge >= 0.3 is 6.09 Å². The second kappa shape index (κ2) is 17.2. The number of hydrogen-bond donors (Lipinski definition) is 4. The van der Waals surface area contributed by atoms with E-state index in [1.807, 2.05) is 74.5 Å². The van der Waals surface area contributed by atoms with Crippen molar-refractivity contribution in [2.24, 2.45) is 11.7 Å². The summed E-state index contributed by atoms with van der Waals surface area (Å²) in [6.45, 7) is 3.86. The SMILES string of the molecule is CC(C)C[C@H](NC(=O)[C@@H]1CCCN1C(=O)[C@H](CSCc1ccccc1)NC(=O)OCc1ccccc1)C(=O)NCC(N)=O. The Bertz CT molecular complexity index is 1230. The Balaban J connectivity index is 1.69. The molecule has 12 heteroatoms. The number of nitrogens with zero attached hydrogens (tertiary/aromatic N) is 1. The van der Waals surface area contributed by atoms with Gasteiger partial charge in [0.15, 0.2) is 0 Å². The Morgan fingerprint density at radius 3 is 2.23 bits per heavy atom. The minimum absolute atomic E-state index is 0.0501. The van der Waals surface area contributed by atoms with Gasteiger partial charge in [-0.1, -0.05) is 74.5 Å². The van der Waals surface area contributed by atoms with E-state index in [0.717, 1.165) is 11.1 Å². The normalized spacial score (nSPS) is 15.8. The lowest BCUT2D eigenvalue weighted by molar-refractivity contribution is -0.140. The van der Waals surface area contributed by atoms with Gasteiger partial charge in [-0.05, 0) is 36.3 Å². The molecule has 0 aliphatic carbocycles. The van der Waals surface area contributed by atoms with Crippen LogP contribution >= 0.6 is 11.8 Å². The number of likely N-dealkylation sites (tertiary alicyclic amines) is 1. The van der Waals surface area contributed by atoms with Crippen LogP contribution in [0, 0.1) is 5.92 Å². The topological polar surface area (TPSA) is 160 Å². The van der Waals surface area contributed by atoms with Gasteiger partial charge in [0.1, 0.15) is 24.7 Å². The third-order valence-electron chi connectivity index (χ3n) is 6.81. The van der Waals surface area contributed by atoms with Crippen molar-refractivity contribution >= 4 is 41.5 Å². The van der Waals surface area contributed by atoms with Crippen molar-refractivity contribution in [1.82, 2.24) is 20.9 Å². The number of ether oxygens (including phenoxy) is 1. The molecule has 0 bridgehead atoms. The fourth-order valence-corrected chi connectivity index (χ4v) is 5.73. The minimum Gasteiger partial charge on any atom is -0.445 e. The number of carbonyl (C=O) groups excluding carboxylic acids is 5. The van der Waals surface area contributed by atoms with Crippen molar-refractivity contribution in [2.45, 2.75) is 63.6 Å². The molecule has 5 amide bonds. The van der Waals surface area contributed by atoms with Crippen LogP contribution in [0.15, 0.2) is 60.7 Å². The molecule has 1 saturated heterocycles. The first-order valence-electron chi connectivity index (χ1n) is 14.4. The molecule has 2 aromatic rings. The molecule has 2 aromatic carbocycles. The zero-order valence-corrected chi connectivity index (χ0v) is 25.4. The molecule has 0 saturated carbocycles. The van der Waals surface area contributed by atoms with Gasteiger partial charge in [0.2, 0.25) is 23.6 Å². The first kappa shape index (κ1) is 33.4. The molecule has 0 unspecified atom stereocenters. The second-order valence-corrected chi connectivity index (χ2v) is 11.9. The fourth-order valence-electron chi connectivity index (χ4n) is 4.72. The standard InChI is InChI=1S/C31H41N5O6S/c1-21(2)16-24(28(38)33-17-27(32)37)34-29(39)26-14-9-15-36(26)30(40)25(20-43-19-23-12-7-4-8-13-23)35-31(41)42-18-22-10-5-3-6-11-22/h3-8,10-13,21,24-26H,9,14-20H2,1-2H3,(H2,32,37)(H,33,38)(H,34,39)(H,35,41)/t24-,25-,26-/m0/s1. The lowest BCUT2D eigenvalue weighted by Crippen LogP contribution is -2.57. The Hall–Kier alpha value is -4.06. The number of alkyl carbamates (subject to hydrolysis) is 1. The smallest absolute Gasteiger partial charge is 0.408 e. The highest BCUT2D eigenvalue weighted by Crippen LogP contribution is 2.21. The molecule has 232 valence electrons. The zero-order valence-electron chi connectivity index (χ0n) is 24.6. The van der Waals surface area contributed by atoms with Crippen LogP contribution in [-0.2, 0) is 36.3 Å². The molecule has 1 aliphatic heterocycles. The average molecular weight is 612 g/mol. The zero-order chi connectivity index (χ0) is 31.2.